The van der Waals surface area contributed by atoms with Gasteiger partial charge in [0.2, 0.25) is 0 Å². The van der Waals surface area contributed by atoms with Gasteiger partial charge >= 0.3 is 5.97 Å². The van der Waals surface area contributed by atoms with Crippen molar-refractivity contribution in [1.82, 2.24) is 10.2 Å². The number of aromatic amines is 1. The lowest BCUT2D eigenvalue weighted by atomic mass is 10.2. The lowest BCUT2D eigenvalue weighted by molar-refractivity contribution is 0.0678. The third kappa shape index (κ3) is 1.34. The van der Waals surface area contributed by atoms with Crippen LogP contribution in [-0.4, -0.2) is 21.3 Å². The van der Waals surface area contributed by atoms with Gasteiger partial charge in [0.05, 0.1) is 5.56 Å². The molecule has 4 nitrogen and oxygen atoms in total. The van der Waals surface area contributed by atoms with Gasteiger partial charge in [0.25, 0.3) is 6.43 Å². The van der Waals surface area contributed by atoms with E-state index in [1.807, 2.05) is 0 Å². The Bertz CT molecular complexity index is 271. The normalized spacial score (nSPS) is 10.5. The average Bonchev–Trinajstić information content (AvgIpc) is 2.32. The minimum absolute atomic E-state index is 0.586. The summed E-state index contributed by atoms with van der Waals surface area (Å²) in [6.45, 7) is 0. The largest absolute Gasteiger partial charge is 0.476 e. The molecular weight excluding hydrogens is 158 g/mol. The molecule has 60 valence electrons. The third-order valence-corrected chi connectivity index (χ3v) is 1.11. The van der Waals surface area contributed by atoms with Gasteiger partial charge in [0, 0.05) is 6.20 Å². The first-order valence-electron chi connectivity index (χ1n) is 2.68. The molecule has 0 fully saturated rings. The van der Waals surface area contributed by atoms with E-state index in [0.717, 1.165) is 6.20 Å². The van der Waals surface area contributed by atoms with E-state index in [4.69, 9.17) is 5.11 Å². The molecule has 1 aromatic heterocycles. The molecule has 1 rings (SSSR count). The Labute approximate surface area is 59.8 Å². The number of nitrogens with one attached hydrogen (secondary N) is 1. The zero-order chi connectivity index (χ0) is 8.43. The molecule has 0 amide bonds. The summed E-state index contributed by atoms with van der Waals surface area (Å²) >= 11 is 0. The van der Waals surface area contributed by atoms with Crippen LogP contribution in [0.2, 0.25) is 0 Å². The van der Waals surface area contributed by atoms with Gasteiger partial charge in [-0.25, -0.2) is 13.6 Å². The van der Waals surface area contributed by atoms with Gasteiger partial charge in [-0.2, -0.15) is 5.10 Å². The van der Waals surface area contributed by atoms with Gasteiger partial charge in [-0.1, -0.05) is 0 Å². The number of aromatic nitrogens is 2. The van der Waals surface area contributed by atoms with Crippen molar-refractivity contribution in [3.8, 4) is 0 Å². The van der Waals surface area contributed by atoms with Gasteiger partial charge in [0.1, 0.15) is 0 Å². The summed E-state index contributed by atoms with van der Waals surface area (Å²) in [6, 6.07) is 0. The Morgan fingerprint density at radius 3 is 2.73 bits per heavy atom. The molecule has 0 aliphatic heterocycles. The van der Waals surface area contributed by atoms with Crippen LogP contribution in [0.15, 0.2) is 6.20 Å². The fourth-order valence-electron chi connectivity index (χ4n) is 0.637. The first-order valence-corrected chi connectivity index (χ1v) is 2.68. The van der Waals surface area contributed by atoms with Gasteiger partial charge in [-0.05, 0) is 0 Å². The molecule has 0 aromatic carbocycles. The Hall–Kier alpha value is -1.46. The van der Waals surface area contributed by atoms with Crippen LogP contribution >= 0.6 is 0 Å². The van der Waals surface area contributed by atoms with Gasteiger partial charge < -0.3 is 5.11 Å². The predicted octanol–water partition coefficient (Wildman–Crippen LogP) is 1.05. The standard InChI is InChI=1S/C5H4F2N2O2/c6-4(7)2-1-8-9-3(2)5(10)11/h1,4H,(H,8,9)(H,10,11). The van der Waals surface area contributed by atoms with Crippen molar-refractivity contribution < 1.29 is 18.7 Å². The van der Waals surface area contributed by atoms with Crippen molar-refractivity contribution in [1.29, 1.82) is 0 Å². The highest BCUT2D eigenvalue weighted by Crippen LogP contribution is 2.20. The molecule has 6 heteroatoms. The van der Waals surface area contributed by atoms with Crippen molar-refractivity contribution in [2.45, 2.75) is 6.43 Å². The molecule has 0 saturated heterocycles. The Morgan fingerprint density at radius 1 is 1.73 bits per heavy atom. The number of aromatic carboxylic acids is 1. The lowest BCUT2D eigenvalue weighted by Crippen LogP contribution is -2.01. The molecule has 0 atom stereocenters. The maximum atomic E-state index is 11.9. The van der Waals surface area contributed by atoms with Crippen molar-refractivity contribution in [3.63, 3.8) is 0 Å². The highest BCUT2D eigenvalue weighted by Gasteiger charge is 2.19. The van der Waals surface area contributed by atoms with Crippen LogP contribution in [0.4, 0.5) is 8.78 Å². The van der Waals surface area contributed by atoms with E-state index in [2.05, 4.69) is 10.2 Å². The molecule has 1 aromatic rings. The van der Waals surface area contributed by atoms with Crippen LogP contribution in [0.1, 0.15) is 22.5 Å². The highest BCUT2D eigenvalue weighted by molar-refractivity contribution is 5.86. The number of carbonyl (C=O) groups is 1. The Morgan fingerprint density at radius 2 is 2.36 bits per heavy atom. The van der Waals surface area contributed by atoms with Gasteiger partial charge in [-0.15, -0.1) is 0 Å². The van der Waals surface area contributed by atoms with Crippen molar-refractivity contribution >= 4 is 5.97 Å². The molecule has 11 heavy (non-hydrogen) atoms. The predicted molar refractivity (Wildman–Crippen MR) is 30.5 cm³/mol. The molecule has 0 bridgehead atoms. The van der Waals surface area contributed by atoms with Crippen LogP contribution in [-0.2, 0) is 0 Å². The highest BCUT2D eigenvalue weighted by atomic mass is 19.3. The number of carboxylic acid groups (broad SMARTS) is 1. The van der Waals surface area contributed by atoms with E-state index in [0.29, 0.717) is 0 Å². The van der Waals surface area contributed by atoms with Crippen LogP contribution in [0.3, 0.4) is 0 Å². The molecule has 0 aliphatic rings. The van der Waals surface area contributed by atoms with Crippen LogP contribution in [0, 0.1) is 0 Å². The fraction of sp³-hybridized carbons (Fsp3) is 0.200. The van der Waals surface area contributed by atoms with Crippen LogP contribution < -0.4 is 0 Å². The van der Waals surface area contributed by atoms with E-state index in [-0.39, 0.29) is 0 Å². The fourth-order valence-corrected chi connectivity index (χ4v) is 0.637. The molecule has 0 saturated carbocycles. The van der Waals surface area contributed by atoms with E-state index < -0.39 is 23.7 Å². The number of nitrogens with zero attached hydrogens (tertiary/aromatic N) is 1. The smallest absolute Gasteiger partial charge is 0.356 e. The second kappa shape index (κ2) is 2.65. The molecule has 0 spiro atoms. The van der Waals surface area contributed by atoms with E-state index >= 15 is 0 Å². The summed E-state index contributed by atoms with van der Waals surface area (Å²) in [6.07, 6.45) is -1.94. The first-order chi connectivity index (χ1) is 5.13. The minimum Gasteiger partial charge on any atom is -0.476 e. The molecule has 1 heterocycles. The van der Waals surface area contributed by atoms with Crippen LogP contribution in [0.5, 0.6) is 0 Å². The molecule has 2 N–H and O–H groups in total. The van der Waals surface area contributed by atoms with E-state index in [1.54, 1.807) is 0 Å². The number of H-pyrrole nitrogens is 1. The topological polar surface area (TPSA) is 66.0 Å². The number of alkyl halides is 2. The zero-order valence-electron chi connectivity index (χ0n) is 5.21. The number of carboxylic acids is 1. The molecule has 0 aliphatic carbocycles. The SMILES string of the molecule is O=C(O)c1n[nH]cc1C(F)F. The summed E-state index contributed by atoms with van der Waals surface area (Å²) in [5.41, 5.74) is -1.21. The van der Waals surface area contributed by atoms with Gasteiger partial charge in [0.15, 0.2) is 5.69 Å². The molecular formula is C5H4F2N2O2. The van der Waals surface area contributed by atoms with Crippen molar-refractivity contribution in [3.05, 3.63) is 17.5 Å². The maximum absolute atomic E-state index is 11.9. The maximum Gasteiger partial charge on any atom is 0.356 e. The number of hydrogen-bond acceptors (Lipinski definition) is 2. The summed E-state index contributed by atoms with van der Waals surface area (Å²) < 4.78 is 23.8. The lowest BCUT2D eigenvalue weighted by Gasteiger charge is -1.93. The van der Waals surface area contributed by atoms with Gasteiger partial charge in [-0.3, -0.25) is 5.10 Å². The molecule has 0 radical (unpaired) electrons. The summed E-state index contributed by atoms with van der Waals surface area (Å²) in [5, 5.41) is 13.5. The molecule has 0 unspecified atom stereocenters. The van der Waals surface area contributed by atoms with Crippen molar-refractivity contribution in [2.24, 2.45) is 0 Å². The second-order valence-electron chi connectivity index (χ2n) is 1.80. The van der Waals surface area contributed by atoms with Crippen LogP contribution in [0.25, 0.3) is 0 Å². The summed E-state index contributed by atoms with van der Waals surface area (Å²) in [4.78, 5) is 10.2. The van der Waals surface area contributed by atoms with Crippen molar-refractivity contribution in [2.75, 3.05) is 0 Å². The zero-order valence-corrected chi connectivity index (χ0v) is 5.21. The quantitative estimate of drug-likeness (QED) is 0.682. The minimum atomic E-state index is -2.81. The summed E-state index contributed by atoms with van der Waals surface area (Å²) in [5.74, 6) is -1.46. The van der Waals surface area contributed by atoms with E-state index in [1.165, 1.54) is 0 Å². The number of halogens is 2. The summed E-state index contributed by atoms with van der Waals surface area (Å²) in [7, 11) is 0. The third-order valence-electron chi connectivity index (χ3n) is 1.11. The number of rotatable bonds is 2. The first kappa shape index (κ1) is 7.64. The average molecular weight is 162 g/mol. The Balaban J connectivity index is 3.06. The Kier molecular flexibility index (Phi) is 1.84. The number of hydrogen-bond donors (Lipinski definition) is 2. The van der Waals surface area contributed by atoms with E-state index in [9.17, 15) is 13.6 Å². The monoisotopic (exact) mass is 162 g/mol. The second-order valence-corrected chi connectivity index (χ2v) is 1.80.